The molecule has 0 bridgehead atoms. The lowest BCUT2D eigenvalue weighted by Crippen LogP contribution is -2.04. The molecule has 0 saturated carbocycles. The van der Waals surface area contributed by atoms with Crippen LogP contribution >= 0.6 is 11.6 Å². The van der Waals surface area contributed by atoms with Crippen molar-refractivity contribution in [2.24, 2.45) is 0 Å². The number of nitriles is 1. The molecule has 2 aromatic carbocycles. The maximum Gasteiger partial charge on any atom is 0.201 e. The molecule has 0 spiro atoms. The zero-order valence-corrected chi connectivity index (χ0v) is 11.3. The molecule has 20 heavy (non-hydrogen) atoms. The summed E-state index contributed by atoms with van der Waals surface area (Å²) < 4.78 is 1.89. The summed E-state index contributed by atoms with van der Waals surface area (Å²) in [6.45, 7) is 0.554. The first kappa shape index (κ1) is 12.5. The maximum atomic E-state index is 8.94. The van der Waals surface area contributed by atoms with Gasteiger partial charge in [-0.15, -0.1) is 0 Å². The highest BCUT2D eigenvalue weighted by Crippen LogP contribution is 2.23. The molecule has 1 heterocycles. The van der Waals surface area contributed by atoms with Crippen molar-refractivity contribution in [3.8, 4) is 6.07 Å². The summed E-state index contributed by atoms with van der Waals surface area (Å²) in [5.74, 6) is 0.435. The van der Waals surface area contributed by atoms with Gasteiger partial charge in [-0.2, -0.15) is 5.26 Å². The predicted octanol–water partition coefficient (Wildman–Crippen LogP) is 3.19. The number of anilines is 1. The van der Waals surface area contributed by atoms with Gasteiger partial charge in [0.05, 0.1) is 29.2 Å². The van der Waals surface area contributed by atoms with Crippen molar-refractivity contribution in [1.29, 1.82) is 5.26 Å². The minimum absolute atomic E-state index is 0.435. The molecule has 0 saturated heterocycles. The van der Waals surface area contributed by atoms with E-state index in [2.05, 4.69) is 11.1 Å². The van der Waals surface area contributed by atoms with Crippen LogP contribution in [0.5, 0.6) is 0 Å². The van der Waals surface area contributed by atoms with E-state index in [9.17, 15) is 0 Å². The molecule has 1 aromatic heterocycles. The number of halogens is 1. The number of nitrogen functional groups attached to an aromatic ring is 1. The lowest BCUT2D eigenvalue weighted by Gasteiger charge is -2.07. The van der Waals surface area contributed by atoms with E-state index < -0.39 is 0 Å². The molecule has 0 radical (unpaired) electrons. The second-order valence-electron chi connectivity index (χ2n) is 4.50. The molecule has 0 aliphatic heterocycles. The van der Waals surface area contributed by atoms with E-state index in [1.807, 2.05) is 34.9 Å². The summed E-state index contributed by atoms with van der Waals surface area (Å²) >= 11 is 6.03. The second kappa shape index (κ2) is 4.87. The Bertz CT molecular complexity index is 829. The monoisotopic (exact) mass is 282 g/mol. The van der Waals surface area contributed by atoms with E-state index in [1.165, 1.54) is 0 Å². The highest BCUT2D eigenvalue weighted by atomic mass is 35.5. The predicted molar refractivity (Wildman–Crippen MR) is 79.4 cm³/mol. The molecule has 2 N–H and O–H groups in total. The number of imidazole rings is 1. The van der Waals surface area contributed by atoms with Crippen molar-refractivity contribution in [2.45, 2.75) is 6.54 Å². The van der Waals surface area contributed by atoms with Gasteiger partial charge in [-0.05, 0) is 35.9 Å². The average Bonchev–Trinajstić information content (AvgIpc) is 2.75. The van der Waals surface area contributed by atoms with E-state index >= 15 is 0 Å². The van der Waals surface area contributed by atoms with E-state index in [4.69, 9.17) is 22.6 Å². The summed E-state index contributed by atoms with van der Waals surface area (Å²) in [5.41, 5.74) is 9.28. The Labute approximate surface area is 121 Å². The zero-order valence-electron chi connectivity index (χ0n) is 10.5. The first-order valence-electron chi connectivity index (χ1n) is 6.07. The number of aromatic nitrogens is 2. The molecule has 0 aliphatic carbocycles. The lowest BCUT2D eigenvalue weighted by atomic mass is 10.1. The van der Waals surface area contributed by atoms with Gasteiger partial charge in [0.2, 0.25) is 5.95 Å². The van der Waals surface area contributed by atoms with Crippen LogP contribution in [0.15, 0.2) is 42.5 Å². The molecule has 3 aromatic rings. The van der Waals surface area contributed by atoms with Crippen LogP contribution in [0.3, 0.4) is 0 Å². The molecular weight excluding hydrogens is 272 g/mol. The summed E-state index contributed by atoms with van der Waals surface area (Å²) in [5, 5.41) is 9.58. The number of rotatable bonds is 2. The quantitative estimate of drug-likeness (QED) is 0.785. The molecule has 0 atom stereocenters. The van der Waals surface area contributed by atoms with Gasteiger partial charge in [0.25, 0.3) is 0 Å². The fraction of sp³-hybridized carbons (Fsp3) is 0.0667. The standard InChI is InChI=1S/C15H11ClN4/c16-12-4-5-13-14(7-12)20(15(18)19-13)9-11-3-1-2-10(6-11)8-17/h1-7H,9H2,(H2,18,19). The molecule has 98 valence electrons. The number of benzene rings is 2. The van der Waals surface area contributed by atoms with Gasteiger partial charge in [0, 0.05) is 5.02 Å². The Kier molecular flexibility index (Phi) is 3.05. The molecule has 5 heteroatoms. The Balaban J connectivity index is 2.08. The molecule has 3 rings (SSSR count). The topological polar surface area (TPSA) is 67.6 Å². The highest BCUT2D eigenvalue weighted by molar-refractivity contribution is 6.31. The third-order valence-electron chi connectivity index (χ3n) is 3.14. The van der Waals surface area contributed by atoms with Gasteiger partial charge in [-0.3, -0.25) is 0 Å². The van der Waals surface area contributed by atoms with Gasteiger partial charge < -0.3 is 10.3 Å². The first-order valence-corrected chi connectivity index (χ1v) is 6.45. The SMILES string of the molecule is N#Cc1cccc(Cn2c(N)nc3ccc(Cl)cc32)c1. The second-order valence-corrected chi connectivity index (χ2v) is 4.94. The van der Waals surface area contributed by atoms with Crippen LogP contribution in [0.1, 0.15) is 11.1 Å². The molecular formula is C15H11ClN4. The lowest BCUT2D eigenvalue weighted by molar-refractivity contribution is 0.838. The smallest absolute Gasteiger partial charge is 0.201 e. The normalized spacial score (nSPS) is 10.6. The van der Waals surface area contributed by atoms with E-state index in [1.54, 1.807) is 12.1 Å². The summed E-state index contributed by atoms with van der Waals surface area (Å²) in [4.78, 5) is 4.31. The van der Waals surface area contributed by atoms with Crippen LogP contribution in [-0.2, 0) is 6.54 Å². The third-order valence-corrected chi connectivity index (χ3v) is 3.37. The third kappa shape index (κ3) is 2.20. The molecule has 0 unspecified atom stereocenters. The Morgan fingerprint density at radius 1 is 1.25 bits per heavy atom. The van der Waals surface area contributed by atoms with E-state index in [0.717, 1.165) is 16.6 Å². The molecule has 4 nitrogen and oxygen atoms in total. The van der Waals surface area contributed by atoms with E-state index in [0.29, 0.717) is 23.1 Å². The summed E-state index contributed by atoms with van der Waals surface area (Å²) in [7, 11) is 0. The molecule has 0 fully saturated rings. The van der Waals surface area contributed by atoms with Gasteiger partial charge in [0.1, 0.15) is 0 Å². The summed E-state index contributed by atoms with van der Waals surface area (Å²) in [6.07, 6.45) is 0. The van der Waals surface area contributed by atoms with Gasteiger partial charge in [-0.25, -0.2) is 4.98 Å². The van der Waals surface area contributed by atoms with Crippen molar-refractivity contribution in [3.05, 3.63) is 58.6 Å². The first-order chi connectivity index (χ1) is 9.67. The van der Waals surface area contributed by atoms with E-state index in [-0.39, 0.29) is 0 Å². The van der Waals surface area contributed by atoms with Gasteiger partial charge >= 0.3 is 0 Å². The van der Waals surface area contributed by atoms with Crippen molar-refractivity contribution in [2.75, 3.05) is 5.73 Å². The number of nitrogens with zero attached hydrogens (tertiary/aromatic N) is 3. The fourth-order valence-electron chi connectivity index (χ4n) is 2.20. The Morgan fingerprint density at radius 3 is 2.90 bits per heavy atom. The van der Waals surface area contributed by atoms with Crippen LogP contribution in [0, 0.1) is 11.3 Å². The van der Waals surface area contributed by atoms with Crippen molar-refractivity contribution in [1.82, 2.24) is 9.55 Å². The molecule has 0 amide bonds. The number of hydrogen-bond donors (Lipinski definition) is 1. The van der Waals surface area contributed by atoms with Crippen LogP contribution in [0.2, 0.25) is 5.02 Å². The van der Waals surface area contributed by atoms with Crippen LogP contribution in [0.4, 0.5) is 5.95 Å². The van der Waals surface area contributed by atoms with Crippen LogP contribution in [0.25, 0.3) is 11.0 Å². The van der Waals surface area contributed by atoms with Crippen LogP contribution in [-0.4, -0.2) is 9.55 Å². The number of fused-ring (bicyclic) bond motifs is 1. The largest absolute Gasteiger partial charge is 0.369 e. The zero-order chi connectivity index (χ0) is 14.1. The fourth-order valence-corrected chi connectivity index (χ4v) is 2.37. The minimum Gasteiger partial charge on any atom is -0.369 e. The molecule has 0 aliphatic rings. The Morgan fingerprint density at radius 2 is 2.10 bits per heavy atom. The number of hydrogen-bond acceptors (Lipinski definition) is 3. The van der Waals surface area contributed by atoms with Crippen molar-refractivity contribution >= 4 is 28.6 Å². The maximum absolute atomic E-state index is 8.94. The van der Waals surface area contributed by atoms with Crippen molar-refractivity contribution in [3.63, 3.8) is 0 Å². The average molecular weight is 283 g/mol. The van der Waals surface area contributed by atoms with Gasteiger partial charge in [0.15, 0.2) is 0 Å². The minimum atomic E-state index is 0.435. The summed E-state index contributed by atoms with van der Waals surface area (Å²) in [6, 6.07) is 15.0. The van der Waals surface area contributed by atoms with Crippen LogP contribution < -0.4 is 5.73 Å². The van der Waals surface area contributed by atoms with Gasteiger partial charge in [-0.1, -0.05) is 23.7 Å². The van der Waals surface area contributed by atoms with Crippen molar-refractivity contribution < 1.29 is 0 Å². The Hall–Kier alpha value is -2.51. The number of nitrogens with two attached hydrogens (primary N) is 1. The highest BCUT2D eigenvalue weighted by Gasteiger charge is 2.09.